The van der Waals surface area contributed by atoms with Crippen molar-refractivity contribution in [2.45, 2.75) is 103 Å². The number of unbranched alkanes of at least 4 members (excludes halogenated alkanes) is 3. The van der Waals surface area contributed by atoms with Crippen LogP contribution in [-0.2, 0) is 32.1 Å². The molecule has 5 heteroatoms. The molecule has 0 bridgehead atoms. The van der Waals surface area contributed by atoms with Crippen LogP contribution in [0.25, 0.3) is 0 Å². The lowest BCUT2D eigenvalue weighted by atomic mass is 9.77. The summed E-state index contributed by atoms with van der Waals surface area (Å²) in [7, 11) is 0. The van der Waals surface area contributed by atoms with Crippen LogP contribution in [0.3, 0.4) is 0 Å². The maximum atomic E-state index is 14.8. The Labute approximate surface area is 248 Å². The monoisotopic (exact) mass is 586 g/mol. The van der Waals surface area contributed by atoms with E-state index in [1.165, 1.54) is 87.5 Å². The molecule has 0 nitrogen and oxygen atoms in total. The molecule has 4 rings (SSSR count). The Kier molecular flexibility index (Phi) is 12.2. The second-order valence-electron chi connectivity index (χ2n) is 12.0. The average molecular weight is 587 g/mol. The van der Waals surface area contributed by atoms with Crippen molar-refractivity contribution >= 4 is 11.6 Å². The van der Waals surface area contributed by atoms with Gasteiger partial charge in [0.1, 0.15) is 28.3 Å². The molecule has 0 heterocycles. The van der Waals surface area contributed by atoms with Gasteiger partial charge in [-0.3, -0.25) is 0 Å². The molecule has 1 aliphatic carbocycles. The van der Waals surface area contributed by atoms with Crippen LogP contribution in [0.5, 0.6) is 0 Å². The molecular weight excluding hydrogens is 544 g/mol. The van der Waals surface area contributed by atoms with Gasteiger partial charge < -0.3 is 0 Å². The average Bonchev–Trinajstić information content (AvgIpc) is 2.96. The van der Waals surface area contributed by atoms with Crippen molar-refractivity contribution in [1.29, 1.82) is 0 Å². The third kappa shape index (κ3) is 9.60. The molecule has 1 aliphatic rings. The zero-order valence-corrected chi connectivity index (χ0v) is 25.0. The Balaban J connectivity index is 1.17. The molecule has 0 aromatic heterocycles. The van der Waals surface area contributed by atoms with E-state index in [0.717, 1.165) is 30.9 Å². The molecule has 0 amide bonds. The number of halogens is 5. The molecule has 1 saturated carbocycles. The summed E-state index contributed by atoms with van der Waals surface area (Å²) in [5, 5.41) is -0.571. The summed E-state index contributed by atoms with van der Waals surface area (Å²) in [5.41, 5.74) is 3.82. The third-order valence-electron chi connectivity index (χ3n) is 8.90. The number of hydrogen-bond acceptors (Lipinski definition) is 0. The minimum atomic E-state index is -0.870. The highest BCUT2D eigenvalue weighted by atomic mass is 35.5. The van der Waals surface area contributed by atoms with Gasteiger partial charge in [0.2, 0.25) is 0 Å². The van der Waals surface area contributed by atoms with E-state index in [2.05, 4.69) is 31.2 Å². The van der Waals surface area contributed by atoms with Crippen molar-refractivity contribution < 1.29 is 17.6 Å². The van der Waals surface area contributed by atoms with Gasteiger partial charge in [0, 0.05) is 5.56 Å². The highest BCUT2D eigenvalue weighted by Crippen LogP contribution is 2.34. The maximum absolute atomic E-state index is 14.8. The molecule has 41 heavy (non-hydrogen) atoms. The Hall–Kier alpha value is -2.33. The van der Waals surface area contributed by atoms with Crippen LogP contribution in [-0.4, -0.2) is 0 Å². The van der Waals surface area contributed by atoms with E-state index >= 15 is 0 Å². The Morgan fingerprint density at radius 1 is 0.561 bits per heavy atom. The van der Waals surface area contributed by atoms with Crippen LogP contribution in [0.1, 0.15) is 98.9 Å². The van der Waals surface area contributed by atoms with Gasteiger partial charge in [-0.1, -0.05) is 87.7 Å². The fraction of sp³-hybridized carbons (Fsp3) is 0.500. The SMILES string of the molecule is CCCCCCc1ccc(CCC2CCC(CCc3cc(F)c(CCc4cc(F)c(Cl)c(F)c4)c(F)c3)CC2)cc1. The van der Waals surface area contributed by atoms with E-state index in [-0.39, 0.29) is 18.4 Å². The molecule has 0 N–H and O–H groups in total. The van der Waals surface area contributed by atoms with Gasteiger partial charge in [-0.05, 0) is 110 Å². The summed E-state index contributed by atoms with van der Waals surface area (Å²) in [6, 6.07) is 14.3. The molecule has 222 valence electrons. The zero-order valence-electron chi connectivity index (χ0n) is 24.3. The summed E-state index contributed by atoms with van der Waals surface area (Å²) < 4.78 is 56.9. The first kappa shape index (κ1) is 31.6. The molecule has 0 atom stereocenters. The van der Waals surface area contributed by atoms with E-state index in [4.69, 9.17) is 11.6 Å². The number of benzene rings is 3. The lowest BCUT2D eigenvalue weighted by Crippen LogP contribution is -2.16. The van der Waals surface area contributed by atoms with Gasteiger partial charge in [-0.15, -0.1) is 0 Å². The summed E-state index contributed by atoms with van der Waals surface area (Å²) >= 11 is 5.52. The molecule has 0 radical (unpaired) electrons. The molecule has 1 fully saturated rings. The van der Waals surface area contributed by atoms with Crippen molar-refractivity contribution in [3.8, 4) is 0 Å². The van der Waals surface area contributed by atoms with Crippen molar-refractivity contribution in [2.24, 2.45) is 11.8 Å². The predicted octanol–water partition coefficient (Wildman–Crippen LogP) is 11.2. The minimum absolute atomic E-state index is 0.0195. The first-order chi connectivity index (χ1) is 19.8. The van der Waals surface area contributed by atoms with Crippen LogP contribution in [0.15, 0.2) is 48.5 Å². The highest BCUT2D eigenvalue weighted by Gasteiger charge is 2.21. The van der Waals surface area contributed by atoms with Crippen LogP contribution >= 0.6 is 11.6 Å². The fourth-order valence-corrected chi connectivity index (χ4v) is 6.35. The van der Waals surface area contributed by atoms with Gasteiger partial charge in [0.15, 0.2) is 0 Å². The largest absolute Gasteiger partial charge is 0.207 e. The van der Waals surface area contributed by atoms with Crippen LogP contribution < -0.4 is 0 Å². The quantitative estimate of drug-likeness (QED) is 0.100. The molecule has 0 saturated heterocycles. The van der Waals surface area contributed by atoms with Crippen molar-refractivity contribution in [2.75, 3.05) is 0 Å². The molecule has 3 aromatic carbocycles. The summed E-state index contributed by atoms with van der Waals surface area (Å²) in [6.07, 6.45) is 15.3. The smallest absolute Gasteiger partial charge is 0.145 e. The Bertz CT molecular complexity index is 1200. The number of hydrogen-bond donors (Lipinski definition) is 0. The minimum Gasteiger partial charge on any atom is -0.207 e. The van der Waals surface area contributed by atoms with Crippen molar-refractivity contribution in [1.82, 2.24) is 0 Å². The number of aryl methyl sites for hydroxylation is 4. The van der Waals surface area contributed by atoms with Gasteiger partial charge >= 0.3 is 0 Å². The topological polar surface area (TPSA) is 0 Å². The lowest BCUT2D eigenvalue weighted by molar-refractivity contribution is 0.253. The van der Waals surface area contributed by atoms with Crippen molar-refractivity contribution in [3.63, 3.8) is 0 Å². The normalized spacial score (nSPS) is 17.2. The molecular formula is C36H43ClF4. The summed E-state index contributed by atoms with van der Waals surface area (Å²) in [6.45, 7) is 2.25. The second-order valence-corrected chi connectivity index (χ2v) is 12.4. The fourth-order valence-electron chi connectivity index (χ4n) is 6.24. The second kappa shape index (κ2) is 15.8. The summed E-state index contributed by atoms with van der Waals surface area (Å²) in [4.78, 5) is 0. The van der Waals surface area contributed by atoms with Crippen LogP contribution in [0, 0.1) is 35.1 Å². The van der Waals surface area contributed by atoms with E-state index < -0.39 is 28.3 Å². The first-order valence-electron chi connectivity index (χ1n) is 15.5. The zero-order chi connectivity index (χ0) is 29.2. The summed E-state index contributed by atoms with van der Waals surface area (Å²) in [5.74, 6) is -1.57. The predicted molar refractivity (Wildman–Crippen MR) is 162 cm³/mol. The van der Waals surface area contributed by atoms with Gasteiger partial charge in [0.05, 0.1) is 0 Å². The molecule has 0 aliphatic heterocycles. The Morgan fingerprint density at radius 3 is 1.56 bits per heavy atom. The van der Waals surface area contributed by atoms with Crippen molar-refractivity contribution in [3.05, 3.63) is 105 Å². The van der Waals surface area contributed by atoms with E-state index in [1.807, 2.05) is 0 Å². The standard InChI is InChI=1S/C36H43ClF4/c1-2-3-4-5-6-25-7-9-26(10-8-25)11-12-27-13-15-28(16-14-27)17-18-29-21-32(38)31(33(39)22-29)20-19-30-23-34(40)36(37)35(41)24-30/h7-10,21-24,27-28H,2-6,11-20H2,1H3. The van der Waals surface area contributed by atoms with Gasteiger partial charge in [-0.25, -0.2) is 17.6 Å². The van der Waals surface area contributed by atoms with Gasteiger partial charge in [0.25, 0.3) is 0 Å². The van der Waals surface area contributed by atoms with E-state index in [1.54, 1.807) is 0 Å². The third-order valence-corrected chi connectivity index (χ3v) is 9.26. The van der Waals surface area contributed by atoms with Crippen LogP contribution in [0.4, 0.5) is 17.6 Å². The van der Waals surface area contributed by atoms with E-state index in [9.17, 15) is 17.6 Å². The Morgan fingerprint density at radius 2 is 1.02 bits per heavy atom. The first-order valence-corrected chi connectivity index (χ1v) is 15.9. The van der Waals surface area contributed by atoms with Crippen LogP contribution in [0.2, 0.25) is 5.02 Å². The van der Waals surface area contributed by atoms with E-state index in [0.29, 0.717) is 23.5 Å². The van der Waals surface area contributed by atoms with Gasteiger partial charge in [-0.2, -0.15) is 0 Å². The lowest BCUT2D eigenvalue weighted by Gasteiger charge is -2.28. The number of rotatable bonds is 14. The molecule has 3 aromatic rings. The molecule has 0 unspecified atom stereocenters. The maximum Gasteiger partial charge on any atom is 0.145 e. The highest BCUT2D eigenvalue weighted by molar-refractivity contribution is 6.30. The molecule has 0 spiro atoms.